The summed E-state index contributed by atoms with van der Waals surface area (Å²) >= 11 is 0. The third kappa shape index (κ3) is 1.80. The molecule has 0 amide bonds. The van der Waals surface area contributed by atoms with E-state index in [1.165, 1.54) is 0 Å². The first-order valence-electron chi connectivity index (χ1n) is 3.25. The van der Waals surface area contributed by atoms with Crippen LogP contribution in [0.5, 0.6) is 0 Å². The van der Waals surface area contributed by atoms with Crippen LogP contribution < -0.4 is 0 Å². The number of carbonyl (C=O) groups is 1. The molecule has 0 radical (unpaired) electrons. The molecule has 0 aromatic carbocycles. The van der Waals surface area contributed by atoms with Gasteiger partial charge in [0.25, 0.3) is 0 Å². The number of nitrogens with zero attached hydrogens (tertiary/aromatic N) is 2. The van der Waals surface area contributed by atoms with Gasteiger partial charge in [0.05, 0.1) is 0 Å². The Morgan fingerprint density at radius 3 is 2.55 bits per heavy atom. The normalized spacial score (nSPS) is 20.1. The molecule has 0 N–H and O–H groups in total. The van der Waals surface area contributed by atoms with Crippen molar-refractivity contribution in [3.63, 3.8) is 0 Å². The molecule has 0 saturated heterocycles. The summed E-state index contributed by atoms with van der Waals surface area (Å²) in [7, 11) is 3.65. The number of ether oxygens (including phenoxy) is 1. The highest BCUT2D eigenvalue weighted by Crippen LogP contribution is 2.09. The molecule has 0 aromatic rings. The van der Waals surface area contributed by atoms with E-state index in [2.05, 4.69) is 4.99 Å². The summed E-state index contributed by atoms with van der Waals surface area (Å²) in [4.78, 5) is 16.5. The minimum atomic E-state index is -0.379. The fraction of sp³-hybridized carbons (Fsp3) is 0.429. The third-order valence-electron chi connectivity index (χ3n) is 1.11. The second kappa shape index (κ2) is 2.74. The molecule has 0 atom stereocenters. The molecular formula is C7H10N2O2. The molecule has 0 unspecified atom stereocenters. The maximum atomic E-state index is 10.9. The average Bonchev–Trinajstić information content (AvgIpc) is 2.09. The molecule has 1 aliphatic rings. The zero-order chi connectivity index (χ0) is 8.43. The van der Waals surface area contributed by atoms with Gasteiger partial charge in [-0.3, -0.25) is 0 Å². The van der Waals surface area contributed by atoms with Crippen molar-refractivity contribution in [3.05, 3.63) is 11.9 Å². The minimum absolute atomic E-state index is 0.354. The van der Waals surface area contributed by atoms with Crippen molar-refractivity contribution in [1.29, 1.82) is 0 Å². The fourth-order valence-corrected chi connectivity index (χ4v) is 0.751. The lowest BCUT2D eigenvalue weighted by Gasteiger charge is -2.02. The molecular weight excluding hydrogens is 144 g/mol. The van der Waals surface area contributed by atoms with Gasteiger partial charge in [-0.15, -0.1) is 0 Å². The quantitative estimate of drug-likeness (QED) is 0.404. The van der Waals surface area contributed by atoms with Crippen LogP contribution in [0.2, 0.25) is 0 Å². The van der Waals surface area contributed by atoms with Crippen LogP contribution in [0, 0.1) is 0 Å². The van der Waals surface area contributed by atoms with Gasteiger partial charge < -0.3 is 9.64 Å². The Morgan fingerprint density at radius 1 is 1.55 bits per heavy atom. The molecule has 0 aliphatic carbocycles. The van der Waals surface area contributed by atoms with Gasteiger partial charge in [0.15, 0.2) is 11.6 Å². The van der Waals surface area contributed by atoms with Crippen molar-refractivity contribution >= 4 is 11.9 Å². The average molecular weight is 154 g/mol. The smallest absolute Gasteiger partial charge is 0.365 e. The fourth-order valence-electron chi connectivity index (χ4n) is 0.751. The molecule has 60 valence electrons. The molecule has 11 heavy (non-hydrogen) atoms. The van der Waals surface area contributed by atoms with Crippen LogP contribution in [0.15, 0.2) is 16.9 Å². The summed E-state index contributed by atoms with van der Waals surface area (Å²) in [6.07, 6.45) is 1.62. The summed E-state index contributed by atoms with van der Waals surface area (Å²) in [5.74, 6) is 0.0271. The van der Waals surface area contributed by atoms with Crippen LogP contribution in [0.4, 0.5) is 0 Å². The van der Waals surface area contributed by atoms with Crippen molar-refractivity contribution in [2.75, 3.05) is 14.1 Å². The van der Waals surface area contributed by atoms with Gasteiger partial charge in [0.2, 0.25) is 0 Å². The minimum Gasteiger partial charge on any atom is -0.407 e. The monoisotopic (exact) mass is 154 g/mol. The third-order valence-corrected chi connectivity index (χ3v) is 1.11. The lowest BCUT2D eigenvalue weighted by Crippen LogP contribution is -2.06. The molecule has 1 aliphatic heterocycles. The predicted octanol–water partition coefficient (Wildman–Crippen LogP) is 0.365. The molecule has 0 spiro atoms. The summed E-state index contributed by atoms with van der Waals surface area (Å²) < 4.78 is 4.69. The van der Waals surface area contributed by atoms with Gasteiger partial charge in [-0.2, -0.15) is 0 Å². The van der Waals surface area contributed by atoms with Crippen molar-refractivity contribution in [2.24, 2.45) is 4.99 Å². The SMILES string of the molecule is CC1=N/C(=C\N(C)C)C(=O)O1. The maximum absolute atomic E-state index is 10.9. The van der Waals surface area contributed by atoms with Crippen molar-refractivity contribution in [1.82, 2.24) is 4.90 Å². The molecule has 0 saturated carbocycles. The van der Waals surface area contributed by atoms with E-state index in [1.54, 1.807) is 18.0 Å². The van der Waals surface area contributed by atoms with Crippen LogP contribution in [0.25, 0.3) is 0 Å². The van der Waals surface area contributed by atoms with Crippen LogP contribution in [-0.2, 0) is 9.53 Å². The number of cyclic esters (lactones) is 1. The van der Waals surface area contributed by atoms with E-state index in [9.17, 15) is 4.79 Å². The Kier molecular flexibility index (Phi) is 1.94. The number of aliphatic imine (C=N–C) groups is 1. The maximum Gasteiger partial charge on any atom is 0.365 e. The zero-order valence-electron chi connectivity index (χ0n) is 6.79. The first-order valence-corrected chi connectivity index (χ1v) is 3.25. The Balaban J connectivity index is 2.81. The van der Waals surface area contributed by atoms with Gasteiger partial charge in [-0.25, -0.2) is 9.79 Å². The largest absolute Gasteiger partial charge is 0.407 e. The summed E-state index contributed by atoms with van der Waals surface area (Å²) in [5, 5.41) is 0. The summed E-state index contributed by atoms with van der Waals surface area (Å²) in [6, 6.07) is 0. The van der Waals surface area contributed by atoms with Crippen LogP contribution in [0.3, 0.4) is 0 Å². The predicted molar refractivity (Wildman–Crippen MR) is 41.0 cm³/mol. The lowest BCUT2D eigenvalue weighted by molar-refractivity contribution is -0.130. The second-order valence-electron chi connectivity index (χ2n) is 2.50. The Morgan fingerprint density at radius 2 is 2.18 bits per heavy atom. The van der Waals surface area contributed by atoms with E-state index in [-0.39, 0.29) is 5.97 Å². The van der Waals surface area contributed by atoms with Crippen LogP contribution >= 0.6 is 0 Å². The number of rotatable bonds is 1. The molecule has 1 rings (SSSR count). The van der Waals surface area contributed by atoms with Crippen LogP contribution in [0.1, 0.15) is 6.92 Å². The highest BCUT2D eigenvalue weighted by Gasteiger charge is 2.19. The molecule has 1 heterocycles. The summed E-state index contributed by atoms with van der Waals surface area (Å²) in [5.41, 5.74) is 0.354. The van der Waals surface area contributed by atoms with Crippen LogP contribution in [-0.4, -0.2) is 30.9 Å². The lowest BCUT2D eigenvalue weighted by atomic mass is 10.5. The Hall–Kier alpha value is -1.32. The highest BCUT2D eigenvalue weighted by molar-refractivity contribution is 6.03. The first-order chi connectivity index (χ1) is 5.09. The summed E-state index contributed by atoms with van der Waals surface area (Å²) in [6.45, 7) is 1.65. The first kappa shape index (κ1) is 7.78. The Labute approximate surface area is 65.2 Å². The Bertz CT molecular complexity index is 241. The van der Waals surface area contributed by atoms with E-state index < -0.39 is 0 Å². The van der Waals surface area contributed by atoms with Gasteiger partial charge in [-0.05, 0) is 0 Å². The van der Waals surface area contributed by atoms with E-state index >= 15 is 0 Å². The molecule has 0 bridgehead atoms. The van der Waals surface area contributed by atoms with E-state index in [0.717, 1.165) is 0 Å². The number of hydrogen-bond donors (Lipinski definition) is 0. The molecule has 0 aromatic heterocycles. The molecule has 4 nitrogen and oxygen atoms in total. The molecule has 4 heteroatoms. The van der Waals surface area contributed by atoms with Crippen molar-refractivity contribution < 1.29 is 9.53 Å². The number of esters is 1. The number of carbonyl (C=O) groups excluding carboxylic acids is 1. The van der Waals surface area contributed by atoms with Crippen molar-refractivity contribution in [2.45, 2.75) is 6.92 Å². The van der Waals surface area contributed by atoms with E-state index in [0.29, 0.717) is 11.6 Å². The number of hydrogen-bond acceptors (Lipinski definition) is 4. The van der Waals surface area contributed by atoms with E-state index in [4.69, 9.17) is 4.74 Å². The van der Waals surface area contributed by atoms with Crippen molar-refractivity contribution in [3.8, 4) is 0 Å². The zero-order valence-corrected chi connectivity index (χ0v) is 6.79. The van der Waals surface area contributed by atoms with Gasteiger partial charge in [0.1, 0.15) is 0 Å². The van der Waals surface area contributed by atoms with E-state index in [1.807, 2.05) is 14.1 Å². The van der Waals surface area contributed by atoms with Gasteiger partial charge >= 0.3 is 5.97 Å². The second-order valence-corrected chi connectivity index (χ2v) is 2.50. The van der Waals surface area contributed by atoms with Gasteiger partial charge in [0, 0.05) is 27.2 Å². The molecule has 0 fully saturated rings. The van der Waals surface area contributed by atoms with Gasteiger partial charge in [-0.1, -0.05) is 0 Å². The highest BCUT2D eigenvalue weighted by atomic mass is 16.6. The standard InChI is InChI=1S/C7H10N2O2/c1-5-8-6(4-9(2)3)7(10)11-5/h4H,1-3H3/b6-4-. The topological polar surface area (TPSA) is 41.9 Å².